The molecule has 0 radical (unpaired) electrons. The van der Waals surface area contributed by atoms with Gasteiger partial charge in [-0.3, -0.25) is 4.79 Å². The third-order valence-corrected chi connectivity index (χ3v) is 4.19. The number of nitrogens with one attached hydrogen (secondary N) is 3. The minimum atomic E-state index is -0.232. The Labute approximate surface area is 157 Å². The highest BCUT2D eigenvalue weighted by Gasteiger charge is 2.15. The van der Waals surface area contributed by atoms with Gasteiger partial charge in [-0.2, -0.15) is 0 Å². The summed E-state index contributed by atoms with van der Waals surface area (Å²) in [4.78, 5) is 18.9. The topological polar surface area (TPSA) is 68.8 Å². The average Bonchev–Trinajstić information content (AvgIpc) is 2.56. The predicted molar refractivity (Wildman–Crippen MR) is 109 cm³/mol. The summed E-state index contributed by atoms with van der Waals surface area (Å²) in [6.45, 7) is 10.6. The molecular formula is C20H33N5O. The number of rotatable bonds is 5. The van der Waals surface area contributed by atoms with E-state index in [0.29, 0.717) is 12.5 Å². The number of nitrogens with zero attached hydrogens (tertiary/aromatic N) is 2. The normalized spacial score (nSPS) is 14.7. The summed E-state index contributed by atoms with van der Waals surface area (Å²) in [5.74, 6) is 0.617. The number of amides is 1. The van der Waals surface area contributed by atoms with Gasteiger partial charge in [0.1, 0.15) is 0 Å². The molecular weight excluding hydrogens is 326 g/mol. The molecule has 0 spiro atoms. The number of guanidine groups is 1. The first-order valence-electron chi connectivity index (χ1n) is 9.44. The Kier molecular flexibility index (Phi) is 6.89. The highest BCUT2D eigenvalue weighted by molar-refractivity contribution is 5.86. The quantitative estimate of drug-likeness (QED) is 0.556. The van der Waals surface area contributed by atoms with E-state index in [-0.39, 0.29) is 18.0 Å². The zero-order valence-corrected chi connectivity index (χ0v) is 16.8. The Bertz CT molecular complexity index is 648. The van der Waals surface area contributed by atoms with Gasteiger partial charge in [0, 0.05) is 31.4 Å². The molecule has 0 aromatic heterocycles. The molecule has 0 saturated carbocycles. The summed E-state index contributed by atoms with van der Waals surface area (Å²) in [6, 6.07) is 6.58. The van der Waals surface area contributed by atoms with Crippen LogP contribution >= 0.6 is 0 Å². The molecule has 0 saturated heterocycles. The molecule has 1 aromatic rings. The fourth-order valence-corrected chi connectivity index (χ4v) is 3.08. The fourth-order valence-electron chi connectivity index (χ4n) is 3.08. The molecule has 1 aromatic carbocycles. The van der Waals surface area contributed by atoms with E-state index in [1.165, 1.54) is 23.2 Å². The molecule has 3 N–H and O–H groups in total. The molecule has 26 heavy (non-hydrogen) atoms. The minimum absolute atomic E-state index is 0.0417. The summed E-state index contributed by atoms with van der Waals surface area (Å²) < 4.78 is 0. The number of hydrogen-bond donors (Lipinski definition) is 3. The molecule has 0 aliphatic carbocycles. The standard InChI is InChI=1S/C20H33N5O/c1-6-21-19(23-14-18(26)24-20(2,3)4)22-13-15-9-10-17-16(12-15)8-7-11-25(17)5/h9-10,12H,6-8,11,13-14H2,1-5H3,(H,24,26)(H2,21,22,23). The van der Waals surface area contributed by atoms with E-state index >= 15 is 0 Å². The lowest BCUT2D eigenvalue weighted by atomic mass is 10.00. The Hall–Kier alpha value is -2.24. The fraction of sp³-hybridized carbons (Fsp3) is 0.600. The molecule has 1 heterocycles. The van der Waals surface area contributed by atoms with E-state index in [2.05, 4.69) is 51.1 Å². The van der Waals surface area contributed by atoms with Gasteiger partial charge in [-0.25, -0.2) is 4.99 Å². The van der Waals surface area contributed by atoms with E-state index < -0.39 is 0 Å². The first-order chi connectivity index (χ1) is 12.3. The van der Waals surface area contributed by atoms with Gasteiger partial charge in [-0.05, 0) is 57.7 Å². The number of aliphatic imine (C=N–C) groups is 1. The van der Waals surface area contributed by atoms with Gasteiger partial charge in [0.15, 0.2) is 5.96 Å². The maximum Gasteiger partial charge on any atom is 0.239 e. The zero-order chi connectivity index (χ0) is 19.2. The number of carbonyl (C=O) groups excluding carboxylic acids is 1. The lowest BCUT2D eigenvalue weighted by Crippen LogP contribution is -2.48. The Morgan fingerprint density at radius 2 is 2.04 bits per heavy atom. The van der Waals surface area contributed by atoms with Crippen LogP contribution in [0.1, 0.15) is 45.2 Å². The van der Waals surface area contributed by atoms with Crippen molar-refractivity contribution < 1.29 is 4.79 Å². The SMILES string of the molecule is CCNC(=NCc1ccc2c(c1)CCCN2C)NCC(=O)NC(C)(C)C. The number of hydrogen-bond acceptors (Lipinski definition) is 3. The number of carbonyl (C=O) groups is 1. The number of fused-ring (bicyclic) bond motifs is 1. The molecule has 6 nitrogen and oxygen atoms in total. The maximum atomic E-state index is 12.0. The van der Waals surface area contributed by atoms with Crippen molar-refractivity contribution >= 4 is 17.6 Å². The van der Waals surface area contributed by atoms with Gasteiger partial charge in [-0.1, -0.05) is 12.1 Å². The van der Waals surface area contributed by atoms with Crippen LogP contribution in [0.4, 0.5) is 5.69 Å². The van der Waals surface area contributed by atoms with Crippen LogP contribution in [0.2, 0.25) is 0 Å². The predicted octanol–water partition coefficient (Wildman–Crippen LogP) is 2.04. The van der Waals surface area contributed by atoms with Crippen molar-refractivity contribution in [2.24, 2.45) is 4.99 Å². The minimum Gasteiger partial charge on any atom is -0.374 e. The third kappa shape index (κ3) is 6.24. The number of aryl methyl sites for hydroxylation is 1. The van der Waals surface area contributed by atoms with Crippen LogP contribution in [0.3, 0.4) is 0 Å². The highest BCUT2D eigenvalue weighted by atomic mass is 16.2. The van der Waals surface area contributed by atoms with E-state index in [9.17, 15) is 4.79 Å². The lowest BCUT2D eigenvalue weighted by molar-refractivity contribution is -0.121. The van der Waals surface area contributed by atoms with Crippen molar-refractivity contribution in [3.63, 3.8) is 0 Å². The second kappa shape index (κ2) is 8.92. The Morgan fingerprint density at radius 3 is 2.73 bits per heavy atom. The molecule has 0 fully saturated rings. The van der Waals surface area contributed by atoms with Gasteiger partial charge >= 0.3 is 0 Å². The second-order valence-corrected chi connectivity index (χ2v) is 7.84. The number of benzene rings is 1. The molecule has 2 rings (SSSR count). The Balaban J connectivity index is 1.97. The first kappa shape index (κ1) is 20.1. The smallest absolute Gasteiger partial charge is 0.239 e. The van der Waals surface area contributed by atoms with Crippen molar-refractivity contribution in [3.05, 3.63) is 29.3 Å². The maximum absolute atomic E-state index is 12.0. The lowest BCUT2D eigenvalue weighted by Gasteiger charge is -2.27. The van der Waals surface area contributed by atoms with Gasteiger partial charge < -0.3 is 20.9 Å². The van der Waals surface area contributed by atoms with Crippen LogP contribution in [0.5, 0.6) is 0 Å². The van der Waals surface area contributed by atoms with Gasteiger partial charge in [0.2, 0.25) is 5.91 Å². The summed E-state index contributed by atoms with van der Waals surface area (Å²) >= 11 is 0. The van der Waals surface area contributed by atoms with Crippen LogP contribution in [-0.2, 0) is 17.8 Å². The molecule has 144 valence electrons. The first-order valence-corrected chi connectivity index (χ1v) is 9.44. The molecule has 0 unspecified atom stereocenters. The van der Waals surface area contributed by atoms with E-state index in [1.54, 1.807) is 0 Å². The molecule has 0 bridgehead atoms. The third-order valence-electron chi connectivity index (χ3n) is 4.19. The van der Waals surface area contributed by atoms with Crippen LogP contribution in [0, 0.1) is 0 Å². The van der Waals surface area contributed by atoms with Gasteiger partial charge in [-0.15, -0.1) is 0 Å². The van der Waals surface area contributed by atoms with Crippen molar-refractivity contribution in [3.8, 4) is 0 Å². The second-order valence-electron chi connectivity index (χ2n) is 7.84. The number of anilines is 1. The summed E-state index contributed by atoms with van der Waals surface area (Å²) in [5, 5.41) is 9.23. The summed E-state index contributed by atoms with van der Waals surface area (Å²) in [7, 11) is 2.14. The van der Waals surface area contributed by atoms with Crippen molar-refractivity contribution in [1.82, 2.24) is 16.0 Å². The van der Waals surface area contributed by atoms with E-state index in [1.807, 2.05) is 27.7 Å². The van der Waals surface area contributed by atoms with E-state index in [4.69, 9.17) is 0 Å². The summed E-state index contributed by atoms with van der Waals surface area (Å²) in [5.41, 5.74) is 3.68. The van der Waals surface area contributed by atoms with Crippen LogP contribution < -0.4 is 20.9 Å². The van der Waals surface area contributed by atoms with Crippen LogP contribution in [0.25, 0.3) is 0 Å². The molecule has 1 amide bonds. The van der Waals surface area contributed by atoms with Crippen LogP contribution in [-0.4, -0.2) is 44.1 Å². The zero-order valence-electron chi connectivity index (χ0n) is 16.8. The van der Waals surface area contributed by atoms with Gasteiger partial charge in [0.05, 0.1) is 13.1 Å². The monoisotopic (exact) mass is 359 g/mol. The van der Waals surface area contributed by atoms with Crippen molar-refractivity contribution in [2.45, 2.75) is 52.6 Å². The molecule has 1 aliphatic rings. The molecule has 0 atom stereocenters. The largest absolute Gasteiger partial charge is 0.374 e. The summed E-state index contributed by atoms with van der Waals surface area (Å²) in [6.07, 6.45) is 2.33. The van der Waals surface area contributed by atoms with Crippen LogP contribution in [0.15, 0.2) is 23.2 Å². The Morgan fingerprint density at radius 1 is 1.27 bits per heavy atom. The highest BCUT2D eigenvalue weighted by Crippen LogP contribution is 2.26. The molecule has 6 heteroatoms. The van der Waals surface area contributed by atoms with Gasteiger partial charge in [0.25, 0.3) is 0 Å². The van der Waals surface area contributed by atoms with Crippen molar-refractivity contribution in [2.75, 3.05) is 31.6 Å². The van der Waals surface area contributed by atoms with E-state index in [0.717, 1.165) is 19.5 Å². The average molecular weight is 360 g/mol. The molecule has 1 aliphatic heterocycles. The van der Waals surface area contributed by atoms with Crippen molar-refractivity contribution in [1.29, 1.82) is 0 Å².